The molecule has 0 fully saturated rings. The number of benzene rings is 2. The molecule has 1 aliphatic rings. The number of aromatic nitrogens is 1. The van der Waals surface area contributed by atoms with Crippen LogP contribution in [0.15, 0.2) is 53.1 Å². The number of nitrogens with zero attached hydrogens (tertiary/aromatic N) is 2. The summed E-state index contributed by atoms with van der Waals surface area (Å²) in [5.74, 6) is -0.262. The van der Waals surface area contributed by atoms with Crippen LogP contribution in [0.1, 0.15) is 21.9 Å². The molecule has 3 aromatic rings. The van der Waals surface area contributed by atoms with E-state index in [9.17, 15) is 18.0 Å². The number of fused-ring (bicyclic) bond motifs is 1. The molecule has 0 unspecified atom stereocenters. The first kappa shape index (κ1) is 19.8. The van der Waals surface area contributed by atoms with Gasteiger partial charge in [-0.3, -0.25) is 4.79 Å². The van der Waals surface area contributed by atoms with Gasteiger partial charge in [-0.05, 0) is 35.4 Å². The number of anilines is 1. The number of carbonyl (C=O) groups is 1. The lowest BCUT2D eigenvalue weighted by Gasteiger charge is -2.29. The van der Waals surface area contributed by atoms with Crippen LogP contribution in [0.5, 0.6) is 5.75 Å². The Morgan fingerprint density at radius 3 is 2.57 bits per heavy atom. The van der Waals surface area contributed by atoms with Crippen LogP contribution in [-0.4, -0.2) is 33.9 Å². The summed E-state index contributed by atoms with van der Waals surface area (Å²) in [4.78, 5) is 18.5. The van der Waals surface area contributed by atoms with E-state index in [0.717, 1.165) is 0 Å². The maximum absolute atomic E-state index is 12.9. The molecular weight excluding hydrogens is 403 g/mol. The minimum Gasteiger partial charge on any atom is -0.447 e. The third-order valence-corrected chi connectivity index (χ3v) is 4.51. The van der Waals surface area contributed by atoms with E-state index >= 15 is 0 Å². The van der Waals surface area contributed by atoms with Gasteiger partial charge in [-0.1, -0.05) is 18.2 Å². The first-order valence-electron chi connectivity index (χ1n) is 8.90. The highest BCUT2D eigenvalue weighted by Gasteiger charge is 2.31. The molecule has 2 heterocycles. The van der Waals surface area contributed by atoms with E-state index in [1.807, 2.05) is 0 Å². The van der Waals surface area contributed by atoms with Crippen molar-refractivity contribution in [2.45, 2.75) is 19.5 Å². The molecule has 30 heavy (non-hydrogen) atoms. The molecular formula is C20H16F3N3O4. The summed E-state index contributed by atoms with van der Waals surface area (Å²) < 4.78 is 46.1. The van der Waals surface area contributed by atoms with Gasteiger partial charge < -0.3 is 24.5 Å². The predicted molar refractivity (Wildman–Crippen MR) is 99.4 cm³/mol. The molecule has 7 nitrogen and oxygen atoms in total. The fraction of sp³-hybridized carbons (Fsp3) is 0.200. The number of rotatable bonds is 5. The molecule has 156 valence electrons. The van der Waals surface area contributed by atoms with Crippen molar-refractivity contribution in [1.82, 2.24) is 9.88 Å². The summed E-state index contributed by atoms with van der Waals surface area (Å²) in [5.41, 5.74) is 2.76. The second-order valence-electron chi connectivity index (χ2n) is 6.56. The zero-order valence-corrected chi connectivity index (χ0v) is 15.4. The molecule has 0 saturated heterocycles. The SMILES string of the molecule is O=C1c2cc(-c3ccc(OC(F)(F)F)cc3)ccc2NCN1Cc1nc(CO)co1. The minimum atomic E-state index is -4.75. The number of halogens is 3. The van der Waals surface area contributed by atoms with Gasteiger partial charge in [0.05, 0.1) is 25.4 Å². The molecule has 0 saturated carbocycles. The predicted octanol–water partition coefficient (Wildman–Crippen LogP) is 3.76. The molecule has 2 aromatic carbocycles. The van der Waals surface area contributed by atoms with Crippen molar-refractivity contribution in [3.8, 4) is 16.9 Å². The Balaban J connectivity index is 1.54. The van der Waals surface area contributed by atoms with Crippen molar-refractivity contribution in [3.63, 3.8) is 0 Å². The molecule has 0 radical (unpaired) electrons. The first-order chi connectivity index (χ1) is 14.3. The Kier molecular flexibility index (Phi) is 5.08. The van der Waals surface area contributed by atoms with Gasteiger partial charge in [0.25, 0.3) is 5.91 Å². The number of ether oxygens (including phenoxy) is 1. The van der Waals surface area contributed by atoms with Crippen LogP contribution < -0.4 is 10.1 Å². The molecule has 0 spiro atoms. The number of nitrogens with one attached hydrogen (secondary N) is 1. The smallest absolute Gasteiger partial charge is 0.447 e. The van der Waals surface area contributed by atoms with E-state index in [1.54, 1.807) is 18.2 Å². The number of hydrogen-bond acceptors (Lipinski definition) is 6. The number of carbonyl (C=O) groups excluding carboxylic acids is 1. The van der Waals surface area contributed by atoms with Crippen LogP contribution in [0, 0.1) is 0 Å². The number of alkyl halides is 3. The number of aliphatic hydroxyl groups is 1. The number of amides is 1. The highest BCUT2D eigenvalue weighted by atomic mass is 19.4. The molecule has 1 aliphatic heterocycles. The Labute approximate surface area is 168 Å². The highest BCUT2D eigenvalue weighted by molar-refractivity contribution is 6.02. The van der Waals surface area contributed by atoms with Gasteiger partial charge in [-0.25, -0.2) is 4.98 Å². The Morgan fingerprint density at radius 1 is 1.17 bits per heavy atom. The van der Waals surface area contributed by atoms with Crippen molar-refractivity contribution in [2.75, 3.05) is 12.0 Å². The molecule has 0 aliphatic carbocycles. The molecule has 0 bridgehead atoms. The second kappa shape index (κ2) is 7.71. The molecule has 4 rings (SSSR count). The Morgan fingerprint density at radius 2 is 1.90 bits per heavy atom. The van der Waals surface area contributed by atoms with Crippen LogP contribution in [-0.2, 0) is 13.2 Å². The van der Waals surface area contributed by atoms with Gasteiger partial charge in [0, 0.05) is 5.69 Å². The molecule has 1 aromatic heterocycles. The maximum atomic E-state index is 12.9. The third kappa shape index (κ3) is 4.23. The van der Waals surface area contributed by atoms with Gasteiger partial charge >= 0.3 is 6.36 Å². The van der Waals surface area contributed by atoms with Crippen LogP contribution in [0.2, 0.25) is 0 Å². The number of hydrogen-bond donors (Lipinski definition) is 2. The fourth-order valence-electron chi connectivity index (χ4n) is 3.11. The average molecular weight is 419 g/mol. The summed E-state index contributed by atoms with van der Waals surface area (Å²) in [5, 5.41) is 12.2. The molecule has 1 amide bonds. The topological polar surface area (TPSA) is 87.8 Å². The average Bonchev–Trinajstić information content (AvgIpc) is 3.17. The largest absolute Gasteiger partial charge is 0.573 e. The summed E-state index contributed by atoms with van der Waals surface area (Å²) in [6, 6.07) is 10.6. The Bertz CT molecular complexity index is 1060. The van der Waals surface area contributed by atoms with E-state index < -0.39 is 6.36 Å². The lowest BCUT2D eigenvalue weighted by Crippen LogP contribution is -2.39. The lowest BCUT2D eigenvalue weighted by molar-refractivity contribution is -0.274. The molecule has 0 atom stereocenters. The zero-order chi connectivity index (χ0) is 21.3. The van der Waals surface area contributed by atoms with Crippen LogP contribution in [0.3, 0.4) is 0 Å². The second-order valence-corrected chi connectivity index (χ2v) is 6.56. The molecule has 2 N–H and O–H groups in total. The fourth-order valence-corrected chi connectivity index (χ4v) is 3.11. The van der Waals surface area contributed by atoms with E-state index in [0.29, 0.717) is 34.0 Å². The normalized spacial score (nSPS) is 13.7. The van der Waals surface area contributed by atoms with Gasteiger partial charge in [-0.2, -0.15) is 0 Å². The zero-order valence-electron chi connectivity index (χ0n) is 15.4. The van der Waals surface area contributed by atoms with Gasteiger partial charge in [0.15, 0.2) is 0 Å². The maximum Gasteiger partial charge on any atom is 0.573 e. The summed E-state index contributed by atoms with van der Waals surface area (Å²) in [6.07, 6.45) is -3.43. The first-order valence-corrected chi connectivity index (χ1v) is 8.90. The number of aliphatic hydroxyl groups excluding tert-OH is 1. The monoisotopic (exact) mass is 419 g/mol. The van der Waals surface area contributed by atoms with Crippen LogP contribution in [0.4, 0.5) is 18.9 Å². The van der Waals surface area contributed by atoms with Crippen molar-refractivity contribution in [1.29, 1.82) is 0 Å². The van der Waals surface area contributed by atoms with E-state index in [1.165, 1.54) is 35.4 Å². The van der Waals surface area contributed by atoms with Crippen molar-refractivity contribution >= 4 is 11.6 Å². The van der Waals surface area contributed by atoms with Crippen molar-refractivity contribution in [3.05, 3.63) is 65.9 Å². The van der Waals surface area contributed by atoms with E-state index in [-0.39, 0.29) is 31.5 Å². The standard InChI is InChI=1S/C20H16F3N3O4/c21-20(22,23)30-15-4-1-12(2-5-15)13-3-6-17-16(7-13)19(28)26(11-24-17)8-18-25-14(9-27)10-29-18/h1-7,10,24,27H,8-9,11H2. The lowest BCUT2D eigenvalue weighted by atomic mass is 10.00. The third-order valence-electron chi connectivity index (χ3n) is 4.51. The Hall–Kier alpha value is -3.53. The van der Waals surface area contributed by atoms with E-state index in [2.05, 4.69) is 15.0 Å². The summed E-state index contributed by atoms with van der Waals surface area (Å²) in [6.45, 7) is 0.124. The van der Waals surface area contributed by atoms with E-state index in [4.69, 9.17) is 9.52 Å². The number of oxazole rings is 1. The van der Waals surface area contributed by atoms with Gasteiger partial charge in [-0.15, -0.1) is 13.2 Å². The van der Waals surface area contributed by atoms with Gasteiger partial charge in [0.1, 0.15) is 17.7 Å². The van der Waals surface area contributed by atoms with Crippen molar-refractivity contribution < 1.29 is 32.2 Å². The van der Waals surface area contributed by atoms with Crippen LogP contribution in [0.25, 0.3) is 11.1 Å². The summed E-state index contributed by atoms with van der Waals surface area (Å²) in [7, 11) is 0. The quantitative estimate of drug-likeness (QED) is 0.655. The van der Waals surface area contributed by atoms with Gasteiger partial charge in [0.2, 0.25) is 5.89 Å². The van der Waals surface area contributed by atoms with Crippen molar-refractivity contribution in [2.24, 2.45) is 0 Å². The summed E-state index contributed by atoms with van der Waals surface area (Å²) >= 11 is 0. The van der Waals surface area contributed by atoms with Crippen LogP contribution >= 0.6 is 0 Å². The highest BCUT2D eigenvalue weighted by Crippen LogP contribution is 2.31. The minimum absolute atomic E-state index is 0.124. The molecule has 10 heteroatoms.